The lowest BCUT2D eigenvalue weighted by Gasteiger charge is -2.23. The average molecular weight is 185 g/mol. The molecule has 3 N–H and O–H groups in total. The van der Waals surface area contributed by atoms with E-state index in [9.17, 15) is 0 Å². The Morgan fingerprint density at radius 2 is 2.08 bits per heavy atom. The van der Waals surface area contributed by atoms with E-state index in [-0.39, 0.29) is 0 Å². The highest BCUT2D eigenvalue weighted by molar-refractivity contribution is 4.74. The molecule has 0 aromatic heterocycles. The van der Waals surface area contributed by atoms with Gasteiger partial charge in [-0.2, -0.15) is 0 Å². The third-order valence-electron chi connectivity index (χ3n) is 2.76. The van der Waals surface area contributed by atoms with Crippen LogP contribution in [-0.4, -0.2) is 43.7 Å². The molecule has 1 heterocycles. The zero-order valence-corrected chi connectivity index (χ0v) is 8.76. The van der Waals surface area contributed by atoms with E-state index >= 15 is 0 Å². The van der Waals surface area contributed by atoms with E-state index in [4.69, 9.17) is 5.73 Å². The number of hydrogen-bond acceptors (Lipinski definition) is 3. The van der Waals surface area contributed by atoms with Gasteiger partial charge in [-0.15, -0.1) is 0 Å². The van der Waals surface area contributed by atoms with Gasteiger partial charge in [-0.1, -0.05) is 0 Å². The van der Waals surface area contributed by atoms with Crippen molar-refractivity contribution in [2.45, 2.75) is 32.2 Å². The molecule has 0 bridgehead atoms. The van der Waals surface area contributed by atoms with Crippen LogP contribution in [0.2, 0.25) is 0 Å². The molecule has 78 valence electrons. The molecule has 0 radical (unpaired) electrons. The second kappa shape index (κ2) is 6.35. The van der Waals surface area contributed by atoms with E-state index in [0.717, 1.165) is 26.1 Å². The van der Waals surface area contributed by atoms with Crippen LogP contribution in [-0.2, 0) is 0 Å². The van der Waals surface area contributed by atoms with Crippen LogP contribution in [0.25, 0.3) is 0 Å². The molecule has 1 fully saturated rings. The van der Waals surface area contributed by atoms with Crippen LogP contribution in [0.3, 0.4) is 0 Å². The Morgan fingerprint density at radius 3 is 2.69 bits per heavy atom. The van der Waals surface area contributed by atoms with Crippen LogP contribution in [0.5, 0.6) is 0 Å². The Morgan fingerprint density at radius 1 is 1.38 bits per heavy atom. The van der Waals surface area contributed by atoms with Gasteiger partial charge in [-0.3, -0.25) is 4.90 Å². The maximum atomic E-state index is 5.42. The Balaban J connectivity index is 1.99. The molecular weight excluding hydrogens is 162 g/mol. The quantitative estimate of drug-likeness (QED) is 0.589. The third kappa shape index (κ3) is 4.07. The summed E-state index contributed by atoms with van der Waals surface area (Å²) in [5, 5.41) is 3.44. The summed E-state index contributed by atoms with van der Waals surface area (Å²) >= 11 is 0. The van der Waals surface area contributed by atoms with Gasteiger partial charge in [0.25, 0.3) is 0 Å². The van der Waals surface area contributed by atoms with Crippen LogP contribution in [0.15, 0.2) is 0 Å². The summed E-state index contributed by atoms with van der Waals surface area (Å²) in [6, 6.07) is 0.695. The van der Waals surface area contributed by atoms with Crippen molar-refractivity contribution in [3.63, 3.8) is 0 Å². The molecule has 3 nitrogen and oxygen atoms in total. The molecule has 1 saturated heterocycles. The van der Waals surface area contributed by atoms with Crippen LogP contribution < -0.4 is 11.1 Å². The number of likely N-dealkylation sites (tertiary alicyclic amines) is 1. The number of nitrogens with one attached hydrogen (secondary N) is 1. The SMILES string of the molecule is CC(CNCCCN)N1CCCC1. The molecule has 3 heteroatoms. The summed E-state index contributed by atoms with van der Waals surface area (Å²) in [5.74, 6) is 0. The molecule has 1 aliphatic rings. The van der Waals surface area contributed by atoms with Gasteiger partial charge in [0, 0.05) is 12.6 Å². The fourth-order valence-electron chi connectivity index (χ4n) is 1.85. The maximum Gasteiger partial charge on any atom is 0.0192 e. The summed E-state index contributed by atoms with van der Waals surface area (Å²) in [5.41, 5.74) is 5.42. The number of rotatable bonds is 6. The fraction of sp³-hybridized carbons (Fsp3) is 1.00. The molecule has 0 saturated carbocycles. The highest BCUT2D eigenvalue weighted by Gasteiger charge is 2.16. The zero-order chi connectivity index (χ0) is 9.52. The first-order valence-electron chi connectivity index (χ1n) is 5.49. The van der Waals surface area contributed by atoms with E-state index in [1.165, 1.54) is 25.9 Å². The lowest BCUT2D eigenvalue weighted by Crippen LogP contribution is -2.39. The minimum absolute atomic E-state index is 0.695. The predicted molar refractivity (Wildman–Crippen MR) is 56.8 cm³/mol. The molecule has 0 spiro atoms. The van der Waals surface area contributed by atoms with Crippen molar-refractivity contribution in [3.05, 3.63) is 0 Å². The van der Waals surface area contributed by atoms with E-state index in [0.29, 0.717) is 6.04 Å². The molecule has 0 aromatic carbocycles. The van der Waals surface area contributed by atoms with Gasteiger partial charge in [-0.05, 0) is 52.4 Å². The van der Waals surface area contributed by atoms with Crippen molar-refractivity contribution >= 4 is 0 Å². The molecule has 1 aliphatic heterocycles. The van der Waals surface area contributed by atoms with E-state index < -0.39 is 0 Å². The third-order valence-corrected chi connectivity index (χ3v) is 2.76. The molecule has 0 aromatic rings. The first-order chi connectivity index (χ1) is 6.34. The first kappa shape index (κ1) is 11.0. The van der Waals surface area contributed by atoms with Crippen molar-refractivity contribution in [2.75, 3.05) is 32.7 Å². The predicted octanol–water partition coefficient (Wildman–Crippen LogP) is 0.409. The summed E-state index contributed by atoms with van der Waals surface area (Å²) in [4.78, 5) is 2.56. The van der Waals surface area contributed by atoms with Gasteiger partial charge in [0.05, 0.1) is 0 Å². The Labute approximate surface area is 81.7 Å². The lowest BCUT2D eigenvalue weighted by atomic mass is 10.3. The second-order valence-corrected chi connectivity index (χ2v) is 3.94. The summed E-state index contributed by atoms with van der Waals surface area (Å²) < 4.78 is 0. The molecule has 0 amide bonds. The molecule has 13 heavy (non-hydrogen) atoms. The average Bonchev–Trinajstić information content (AvgIpc) is 2.65. The fourth-order valence-corrected chi connectivity index (χ4v) is 1.85. The van der Waals surface area contributed by atoms with Gasteiger partial charge in [-0.25, -0.2) is 0 Å². The summed E-state index contributed by atoms with van der Waals surface area (Å²) in [7, 11) is 0. The highest BCUT2D eigenvalue weighted by atomic mass is 15.2. The minimum atomic E-state index is 0.695. The van der Waals surface area contributed by atoms with Gasteiger partial charge in [0.2, 0.25) is 0 Å². The van der Waals surface area contributed by atoms with Gasteiger partial charge in [0.1, 0.15) is 0 Å². The molecule has 0 aliphatic carbocycles. The van der Waals surface area contributed by atoms with Crippen molar-refractivity contribution in [3.8, 4) is 0 Å². The van der Waals surface area contributed by atoms with Crippen molar-refractivity contribution < 1.29 is 0 Å². The van der Waals surface area contributed by atoms with Crippen molar-refractivity contribution in [1.29, 1.82) is 0 Å². The zero-order valence-electron chi connectivity index (χ0n) is 8.76. The summed E-state index contributed by atoms with van der Waals surface area (Å²) in [6.07, 6.45) is 3.85. The standard InChI is InChI=1S/C10H23N3/c1-10(9-12-6-4-5-11)13-7-2-3-8-13/h10,12H,2-9,11H2,1H3. The largest absolute Gasteiger partial charge is 0.330 e. The van der Waals surface area contributed by atoms with Crippen molar-refractivity contribution in [1.82, 2.24) is 10.2 Å². The minimum Gasteiger partial charge on any atom is -0.330 e. The van der Waals surface area contributed by atoms with Crippen LogP contribution in [0, 0.1) is 0 Å². The van der Waals surface area contributed by atoms with Gasteiger partial charge < -0.3 is 11.1 Å². The number of nitrogens with zero attached hydrogens (tertiary/aromatic N) is 1. The topological polar surface area (TPSA) is 41.3 Å². The highest BCUT2D eigenvalue weighted by Crippen LogP contribution is 2.10. The van der Waals surface area contributed by atoms with Gasteiger partial charge >= 0.3 is 0 Å². The van der Waals surface area contributed by atoms with E-state index in [1.54, 1.807) is 0 Å². The van der Waals surface area contributed by atoms with Crippen LogP contribution in [0.1, 0.15) is 26.2 Å². The van der Waals surface area contributed by atoms with Gasteiger partial charge in [0.15, 0.2) is 0 Å². The Kier molecular flexibility index (Phi) is 5.35. The monoisotopic (exact) mass is 185 g/mol. The first-order valence-corrected chi connectivity index (χ1v) is 5.49. The smallest absolute Gasteiger partial charge is 0.0192 e. The Hall–Kier alpha value is -0.120. The van der Waals surface area contributed by atoms with Crippen LogP contribution >= 0.6 is 0 Å². The molecule has 1 rings (SSSR count). The van der Waals surface area contributed by atoms with E-state index in [2.05, 4.69) is 17.1 Å². The van der Waals surface area contributed by atoms with Crippen molar-refractivity contribution in [2.24, 2.45) is 5.73 Å². The number of hydrogen-bond donors (Lipinski definition) is 2. The summed E-state index contributed by atoms with van der Waals surface area (Å²) in [6.45, 7) is 7.86. The lowest BCUT2D eigenvalue weighted by molar-refractivity contribution is 0.252. The van der Waals surface area contributed by atoms with Crippen LogP contribution in [0.4, 0.5) is 0 Å². The number of nitrogens with two attached hydrogens (primary N) is 1. The molecular formula is C10H23N3. The molecule has 1 unspecified atom stereocenters. The normalized spacial score (nSPS) is 20.8. The van der Waals surface area contributed by atoms with E-state index in [1.807, 2.05) is 0 Å². The second-order valence-electron chi connectivity index (χ2n) is 3.94. The molecule has 1 atom stereocenters. The Bertz CT molecular complexity index is 121. The maximum absolute atomic E-state index is 5.42.